The van der Waals surface area contributed by atoms with E-state index in [0.29, 0.717) is 10.0 Å². The van der Waals surface area contributed by atoms with E-state index in [2.05, 4.69) is 15.1 Å². The first-order valence-electron chi connectivity index (χ1n) is 10.1. The Labute approximate surface area is 177 Å². The first-order valence-corrected chi connectivity index (χ1v) is 10.9. The Balaban J connectivity index is 1.34. The number of carbonyl (C=O) groups is 1. The number of carbonyl (C=O) groups excluding carboxylic acids is 1. The minimum atomic E-state index is -0.134. The van der Waals surface area contributed by atoms with Gasteiger partial charge < -0.3 is 10.2 Å². The third-order valence-corrected chi connectivity index (χ3v) is 6.68. The lowest BCUT2D eigenvalue weighted by Gasteiger charge is -2.37. The Bertz CT molecular complexity index is 705. The molecule has 0 radical (unpaired) electrons. The van der Waals surface area contributed by atoms with Crippen molar-refractivity contribution in [2.75, 3.05) is 37.6 Å². The molecule has 5 nitrogen and oxygen atoms in total. The number of nitriles is 1. The molecule has 7 heteroatoms. The second kappa shape index (κ2) is 10.3. The molecule has 0 spiro atoms. The summed E-state index contributed by atoms with van der Waals surface area (Å²) in [5.74, 6) is 0.614. The molecular formula is C21H28Cl2N4O. The minimum Gasteiger partial charge on any atom is -0.369 e. The number of rotatable bonds is 6. The maximum Gasteiger partial charge on any atom is 0.234 e. The average Bonchev–Trinajstić information content (AvgIpc) is 2.70. The van der Waals surface area contributed by atoms with Crippen LogP contribution in [0.2, 0.25) is 10.0 Å². The summed E-state index contributed by atoms with van der Waals surface area (Å²) in [6, 6.07) is 8.02. The highest BCUT2D eigenvalue weighted by atomic mass is 35.5. The lowest BCUT2D eigenvalue weighted by Crippen LogP contribution is -2.47. The normalized spacial score (nSPS) is 23.2. The molecule has 0 unspecified atom stereocenters. The number of halogens is 2. The van der Waals surface area contributed by atoms with E-state index in [0.717, 1.165) is 57.2 Å². The molecule has 1 saturated heterocycles. The number of nitrogens with one attached hydrogen (secondary N) is 1. The Morgan fingerprint density at radius 1 is 1.11 bits per heavy atom. The molecule has 28 heavy (non-hydrogen) atoms. The summed E-state index contributed by atoms with van der Waals surface area (Å²) in [5.41, 5.74) is 1.14. The summed E-state index contributed by atoms with van der Waals surface area (Å²) >= 11 is 12.2. The second-order valence-electron chi connectivity index (χ2n) is 7.84. The maximum absolute atomic E-state index is 11.5. The van der Waals surface area contributed by atoms with E-state index in [4.69, 9.17) is 28.5 Å². The van der Waals surface area contributed by atoms with Gasteiger partial charge in [0.15, 0.2) is 0 Å². The third kappa shape index (κ3) is 6.01. The van der Waals surface area contributed by atoms with E-state index in [1.165, 1.54) is 19.3 Å². The number of amides is 1. The van der Waals surface area contributed by atoms with E-state index < -0.39 is 0 Å². The third-order valence-electron chi connectivity index (χ3n) is 5.95. The molecule has 1 heterocycles. The fraction of sp³-hybridized carbons (Fsp3) is 0.619. The lowest BCUT2D eigenvalue weighted by atomic mass is 9.84. The number of piperazine rings is 1. The molecule has 3 rings (SSSR count). The van der Waals surface area contributed by atoms with Gasteiger partial charge in [-0.2, -0.15) is 5.26 Å². The highest BCUT2D eigenvalue weighted by molar-refractivity contribution is 6.42. The minimum absolute atomic E-state index is 0.0336. The summed E-state index contributed by atoms with van der Waals surface area (Å²) in [7, 11) is 0. The van der Waals surface area contributed by atoms with Gasteiger partial charge in [0.1, 0.15) is 6.42 Å². The molecule has 2 fully saturated rings. The molecule has 1 saturated carbocycles. The molecule has 1 aliphatic heterocycles. The number of hydrogen-bond donors (Lipinski definition) is 1. The number of anilines is 1. The summed E-state index contributed by atoms with van der Waals surface area (Å²) in [4.78, 5) is 16.5. The predicted octanol–water partition coefficient (Wildman–Crippen LogP) is 4.09. The van der Waals surface area contributed by atoms with E-state index in [1.807, 2.05) is 24.3 Å². The standard InChI is InChI=1S/C21H28Cl2N4O/c22-19-6-5-18(15-20(19)23)27-13-11-26(12-14-27)10-8-16-1-3-17(4-2-16)25-21(28)7-9-24/h5-6,15-17H,1-4,7-8,10-14H2,(H,25,28)/t16-,17-. The van der Waals surface area contributed by atoms with E-state index in [-0.39, 0.29) is 18.4 Å². The molecule has 1 aromatic carbocycles. The fourth-order valence-electron chi connectivity index (χ4n) is 4.22. The first kappa shape index (κ1) is 21.2. The van der Waals surface area contributed by atoms with Gasteiger partial charge in [0.05, 0.1) is 16.1 Å². The summed E-state index contributed by atoms with van der Waals surface area (Å²) < 4.78 is 0. The zero-order chi connectivity index (χ0) is 19.9. The van der Waals surface area contributed by atoms with Gasteiger partial charge in [-0.15, -0.1) is 0 Å². The van der Waals surface area contributed by atoms with Gasteiger partial charge >= 0.3 is 0 Å². The van der Waals surface area contributed by atoms with Crippen LogP contribution in [0.5, 0.6) is 0 Å². The quantitative estimate of drug-likeness (QED) is 0.749. The fourth-order valence-corrected chi connectivity index (χ4v) is 4.51. The topological polar surface area (TPSA) is 59.4 Å². The van der Waals surface area contributed by atoms with Gasteiger partial charge in [0, 0.05) is 37.9 Å². The van der Waals surface area contributed by atoms with E-state index in [1.54, 1.807) is 0 Å². The first-order chi connectivity index (χ1) is 13.5. The number of hydrogen-bond acceptors (Lipinski definition) is 4. The van der Waals surface area contributed by atoms with Crippen LogP contribution in [0.1, 0.15) is 38.5 Å². The lowest BCUT2D eigenvalue weighted by molar-refractivity contribution is -0.121. The second-order valence-corrected chi connectivity index (χ2v) is 8.65. The van der Waals surface area contributed by atoms with E-state index >= 15 is 0 Å². The van der Waals surface area contributed by atoms with Crippen LogP contribution in [0, 0.1) is 17.2 Å². The zero-order valence-corrected chi connectivity index (χ0v) is 17.7. The van der Waals surface area contributed by atoms with Crippen molar-refractivity contribution in [3.63, 3.8) is 0 Å². The van der Waals surface area contributed by atoms with Gasteiger partial charge in [-0.05, 0) is 62.8 Å². The van der Waals surface area contributed by atoms with Crippen LogP contribution in [-0.4, -0.2) is 49.6 Å². The van der Waals surface area contributed by atoms with Crippen LogP contribution in [-0.2, 0) is 4.79 Å². The maximum atomic E-state index is 11.5. The Morgan fingerprint density at radius 3 is 2.46 bits per heavy atom. The van der Waals surface area contributed by atoms with Gasteiger partial charge in [-0.1, -0.05) is 23.2 Å². The van der Waals surface area contributed by atoms with Gasteiger partial charge in [0.25, 0.3) is 0 Å². The summed E-state index contributed by atoms with van der Waals surface area (Å²) in [6.07, 6.45) is 5.60. The van der Waals surface area contributed by atoms with Crippen molar-refractivity contribution in [1.29, 1.82) is 5.26 Å². The van der Waals surface area contributed by atoms with Gasteiger partial charge in [-0.25, -0.2) is 0 Å². The summed E-state index contributed by atoms with van der Waals surface area (Å²) in [6.45, 7) is 5.30. The Kier molecular flexibility index (Phi) is 7.84. The smallest absolute Gasteiger partial charge is 0.234 e. The highest BCUT2D eigenvalue weighted by Gasteiger charge is 2.24. The van der Waals surface area contributed by atoms with Gasteiger partial charge in [0.2, 0.25) is 5.91 Å². The van der Waals surface area contributed by atoms with Crippen LogP contribution in [0.4, 0.5) is 5.69 Å². The van der Waals surface area contributed by atoms with Gasteiger partial charge in [-0.3, -0.25) is 9.69 Å². The molecule has 2 aliphatic rings. The van der Waals surface area contributed by atoms with Crippen LogP contribution in [0.25, 0.3) is 0 Å². The highest BCUT2D eigenvalue weighted by Crippen LogP contribution is 2.29. The number of nitrogens with zero attached hydrogens (tertiary/aromatic N) is 3. The molecule has 1 amide bonds. The van der Waals surface area contributed by atoms with Crippen molar-refractivity contribution < 1.29 is 4.79 Å². The van der Waals surface area contributed by atoms with Crippen molar-refractivity contribution in [1.82, 2.24) is 10.2 Å². The molecule has 1 aromatic rings. The van der Waals surface area contributed by atoms with Crippen LogP contribution >= 0.6 is 23.2 Å². The van der Waals surface area contributed by atoms with Crippen LogP contribution in [0.3, 0.4) is 0 Å². The van der Waals surface area contributed by atoms with Crippen LogP contribution < -0.4 is 10.2 Å². The van der Waals surface area contributed by atoms with Crippen molar-refractivity contribution in [2.24, 2.45) is 5.92 Å². The largest absolute Gasteiger partial charge is 0.369 e. The summed E-state index contributed by atoms with van der Waals surface area (Å²) in [5, 5.41) is 12.8. The Hall–Kier alpha value is -1.48. The molecule has 1 N–H and O–H groups in total. The van der Waals surface area contributed by atoms with Crippen molar-refractivity contribution >= 4 is 34.8 Å². The average molecular weight is 423 g/mol. The molecule has 0 aromatic heterocycles. The van der Waals surface area contributed by atoms with Crippen molar-refractivity contribution in [2.45, 2.75) is 44.6 Å². The zero-order valence-electron chi connectivity index (χ0n) is 16.2. The number of benzene rings is 1. The Morgan fingerprint density at radius 2 is 1.82 bits per heavy atom. The van der Waals surface area contributed by atoms with E-state index in [9.17, 15) is 4.79 Å². The molecule has 152 valence electrons. The molecule has 1 aliphatic carbocycles. The predicted molar refractivity (Wildman–Crippen MR) is 114 cm³/mol. The molecular weight excluding hydrogens is 395 g/mol. The van der Waals surface area contributed by atoms with Crippen molar-refractivity contribution in [3.05, 3.63) is 28.2 Å². The SMILES string of the molecule is N#CCC(=O)N[C@H]1CC[C@H](CCN2CCN(c3ccc(Cl)c(Cl)c3)CC2)CC1. The van der Waals surface area contributed by atoms with Crippen LogP contribution in [0.15, 0.2) is 18.2 Å². The monoisotopic (exact) mass is 422 g/mol. The molecule has 0 bridgehead atoms. The molecule has 0 atom stereocenters. The van der Waals surface area contributed by atoms with Crippen molar-refractivity contribution in [3.8, 4) is 6.07 Å².